The maximum Gasteiger partial charge on any atom is 0.252 e. The van der Waals surface area contributed by atoms with Crippen LogP contribution in [0.15, 0.2) is 66.2 Å². The minimum Gasteiger partial charge on any atom is -0.484 e. The van der Waals surface area contributed by atoms with Gasteiger partial charge in [-0.2, -0.15) is 8.70 Å². The highest BCUT2D eigenvalue weighted by Gasteiger charge is 2.48. The molecule has 2 heterocycles. The minimum atomic E-state index is -3.63. The second-order valence-corrected chi connectivity index (χ2v) is 15.0. The molecule has 2 aliphatic heterocycles. The smallest absolute Gasteiger partial charge is 0.252 e. The number of hydrogen-bond donors (Lipinski definition) is 1. The third kappa shape index (κ3) is 6.95. The first kappa shape index (κ1) is 33.5. The molecular formula is C35H37ClF3N3O4S. The van der Waals surface area contributed by atoms with Gasteiger partial charge in [0.2, 0.25) is 15.8 Å². The number of piperazine rings is 1. The first-order valence-electron chi connectivity index (χ1n) is 15.9. The van der Waals surface area contributed by atoms with Crippen molar-refractivity contribution in [3.05, 3.63) is 105 Å². The van der Waals surface area contributed by atoms with Crippen molar-refractivity contribution in [2.75, 3.05) is 18.8 Å². The quantitative estimate of drug-likeness (QED) is 0.246. The van der Waals surface area contributed by atoms with Gasteiger partial charge in [-0.05, 0) is 73.6 Å². The molecule has 1 aliphatic carbocycles. The minimum absolute atomic E-state index is 0.0367. The van der Waals surface area contributed by atoms with E-state index in [2.05, 4.69) is 5.32 Å². The molecule has 6 rings (SSSR count). The number of carbonyl (C=O) groups is 1. The van der Waals surface area contributed by atoms with Crippen LogP contribution < -0.4 is 10.1 Å². The summed E-state index contributed by atoms with van der Waals surface area (Å²) in [6.07, 6.45) is 1.68. The summed E-state index contributed by atoms with van der Waals surface area (Å²) in [6.45, 7) is 4.35. The van der Waals surface area contributed by atoms with E-state index in [0.29, 0.717) is 42.7 Å². The highest BCUT2D eigenvalue weighted by atomic mass is 35.5. The number of nitrogens with one attached hydrogen (secondary N) is 1. The van der Waals surface area contributed by atoms with Crippen LogP contribution in [0.25, 0.3) is 5.57 Å². The van der Waals surface area contributed by atoms with E-state index in [-0.39, 0.29) is 30.2 Å². The predicted molar refractivity (Wildman–Crippen MR) is 175 cm³/mol. The van der Waals surface area contributed by atoms with E-state index in [9.17, 15) is 26.4 Å². The molecule has 1 saturated heterocycles. The zero-order valence-electron chi connectivity index (χ0n) is 26.2. The fourth-order valence-electron chi connectivity index (χ4n) is 6.63. The molecule has 250 valence electrons. The summed E-state index contributed by atoms with van der Waals surface area (Å²) in [4.78, 5) is 16.5. The van der Waals surface area contributed by atoms with Gasteiger partial charge in [-0.15, -0.1) is 0 Å². The summed E-state index contributed by atoms with van der Waals surface area (Å²) in [6, 6.07) is 15.4. The van der Waals surface area contributed by atoms with E-state index in [4.69, 9.17) is 16.3 Å². The molecule has 2 fully saturated rings. The van der Waals surface area contributed by atoms with Gasteiger partial charge in [-0.3, -0.25) is 4.79 Å². The number of fused-ring (bicyclic) bond motifs is 2. The van der Waals surface area contributed by atoms with Crippen LogP contribution in [0, 0.1) is 17.5 Å². The van der Waals surface area contributed by atoms with Crippen molar-refractivity contribution in [3.63, 3.8) is 0 Å². The zero-order valence-corrected chi connectivity index (χ0v) is 27.8. The normalized spacial score (nSPS) is 20.6. The van der Waals surface area contributed by atoms with Crippen molar-refractivity contribution in [3.8, 4) is 5.75 Å². The van der Waals surface area contributed by atoms with Crippen LogP contribution >= 0.6 is 11.6 Å². The molecule has 1 amide bonds. The first-order valence-corrected chi connectivity index (χ1v) is 17.9. The fraction of sp³-hybridized carbons (Fsp3) is 0.400. The average molecular weight is 688 g/mol. The average Bonchev–Trinajstić information content (AvgIpc) is 3.90. The lowest BCUT2D eigenvalue weighted by molar-refractivity contribution is -0.129. The van der Waals surface area contributed by atoms with Crippen molar-refractivity contribution in [2.24, 2.45) is 0 Å². The largest absolute Gasteiger partial charge is 0.484 e. The number of nitrogens with zero attached hydrogens (tertiary/aromatic N) is 2. The summed E-state index contributed by atoms with van der Waals surface area (Å²) in [5.41, 5.74) is 3.69. The third-order valence-corrected chi connectivity index (χ3v) is 11.4. The lowest BCUT2D eigenvalue weighted by atomic mass is 9.83. The highest BCUT2D eigenvalue weighted by Crippen LogP contribution is 2.41. The first-order chi connectivity index (χ1) is 22.5. The van der Waals surface area contributed by atoms with Gasteiger partial charge in [-0.1, -0.05) is 54.1 Å². The molecule has 2 bridgehead atoms. The Balaban J connectivity index is 1.34. The summed E-state index contributed by atoms with van der Waals surface area (Å²) >= 11 is 6.50. The second-order valence-electron chi connectivity index (χ2n) is 12.4. The molecule has 3 aliphatic rings. The van der Waals surface area contributed by atoms with E-state index < -0.39 is 45.4 Å². The van der Waals surface area contributed by atoms with E-state index >= 15 is 0 Å². The Morgan fingerprint density at radius 1 is 1.04 bits per heavy atom. The SMILES string of the molecule is CCS(=O)(=O)N1[C@H]2CNC[C@@H]1C(C(=O)N(Cc1ccccc1Cl)C1CC1)=C(c1ccc(CC(C)Oc3c(F)ccc(F)c3F)cc1)C2. The van der Waals surface area contributed by atoms with Crippen molar-refractivity contribution >= 4 is 33.1 Å². The van der Waals surface area contributed by atoms with E-state index in [1.54, 1.807) is 24.2 Å². The number of carbonyl (C=O) groups excluding carboxylic acids is 1. The highest BCUT2D eigenvalue weighted by molar-refractivity contribution is 7.89. The molecule has 47 heavy (non-hydrogen) atoms. The summed E-state index contributed by atoms with van der Waals surface area (Å²) in [5.74, 6) is -4.57. The molecule has 0 spiro atoms. The van der Waals surface area contributed by atoms with Crippen LogP contribution in [0.4, 0.5) is 13.2 Å². The lowest BCUT2D eigenvalue weighted by Crippen LogP contribution is -2.63. The monoisotopic (exact) mass is 687 g/mol. The Morgan fingerprint density at radius 3 is 2.43 bits per heavy atom. The number of sulfonamides is 1. The van der Waals surface area contributed by atoms with E-state index in [1.807, 2.05) is 47.4 Å². The Hall–Kier alpha value is -3.38. The standard InChI is InChI=1S/C35H37ClF3N3O4S/c1-3-47(44,45)42-26-17-27(23-10-8-22(9-11-23)16-21(2)46-34-30(38)15-14-29(37)33(34)39)32(31(42)19-40-18-26)35(43)41(25-12-13-25)20-24-6-4-5-7-28(24)36/h4-11,14-15,21,25-26,31,40H,3,12-13,16-20H2,1-2H3/t21?,26-,31-/m1/s1. The number of benzene rings is 3. The molecule has 7 nitrogen and oxygen atoms in total. The van der Waals surface area contributed by atoms with Gasteiger partial charge < -0.3 is 15.0 Å². The maximum absolute atomic E-state index is 14.7. The number of ether oxygens (including phenoxy) is 1. The molecule has 1 unspecified atom stereocenters. The molecule has 12 heteroatoms. The predicted octanol–water partition coefficient (Wildman–Crippen LogP) is 6.11. The van der Waals surface area contributed by atoms with Gasteiger partial charge in [0.25, 0.3) is 5.91 Å². The second kappa shape index (κ2) is 13.6. The number of hydrogen-bond acceptors (Lipinski definition) is 5. The van der Waals surface area contributed by atoms with Gasteiger partial charge in [0, 0.05) is 48.7 Å². The van der Waals surface area contributed by atoms with Crippen LogP contribution in [0.2, 0.25) is 5.02 Å². The zero-order chi connectivity index (χ0) is 33.5. The lowest BCUT2D eigenvalue weighted by Gasteiger charge is -2.47. The molecule has 3 aromatic rings. The molecule has 1 saturated carbocycles. The van der Waals surface area contributed by atoms with Crippen LogP contribution in [0.5, 0.6) is 5.75 Å². The van der Waals surface area contributed by atoms with Crippen LogP contribution in [-0.2, 0) is 27.8 Å². The van der Waals surface area contributed by atoms with Crippen LogP contribution in [0.1, 0.15) is 49.8 Å². The Morgan fingerprint density at radius 2 is 1.74 bits per heavy atom. The molecule has 3 atom stereocenters. The van der Waals surface area contributed by atoms with E-state index in [1.165, 1.54) is 0 Å². The Kier molecular flexibility index (Phi) is 9.71. The number of amides is 1. The van der Waals surface area contributed by atoms with Crippen molar-refractivity contribution in [1.82, 2.24) is 14.5 Å². The van der Waals surface area contributed by atoms with Gasteiger partial charge >= 0.3 is 0 Å². The van der Waals surface area contributed by atoms with Gasteiger partial charge in [-0.25, -0.2) is 17.2 Å². The van der Waals surface area contributed by atoms with Crippen molar-refractivity contribution < 1.29 is 31.1 Å². The van der Waals surface area contributed by atoms with Crippen molar-refractivity contribution in [2.45, 2.75) is 70.3 Å². The van der Waals surface area contributed by atoms with Crippen molar-refractivity contribution in [1.29, 1.82) is 0 Å². The Labute approximate surface area is 278 Å². The summed E-state index contributed by atoms with van der Waals surface area (Å²) in [7, 11) is -3.63. The molecule has 0 aromatic heterocycles. The number of halogens is 4. The molecule has 0 radical (unpaired) electrons. The Bertz CT molecular complexity index is 1800. The third-order valence-electron chi connectivity index (χ3n) is 9.09. The topological polar surface area (TPSA) is 79.0 Å². The number of rotatable bonds is 11. The molecule has 1 N–H and O–H groups in total. The van der Waals surface area contributed by atoms with Crippen LogP contribution in [0.3, 0.4) is 0 Å². The van der Waals surface area contributed by atoms with Crippen LogP contribution in [-0.4, -0.2) is 66.6 Å². The van der Waals surface area contributed by atoms with Gasteiger partial charge in [0.15, 0.2) is 17.4 Å². The molecular weight excluding hydrogens is 651 g/mol. The fourth-order valence-corrected chi connectivity index (χ4v) is 8.29. The summed E-state index contributed by atoms with van der Waals surface area (Å²) < 4.78 is 75.8. The van der Waals surface area contributed by atoms with Gasteiger partial charge in [0.05, 0.1) is 11.8 Å². The molecule has 3 aromatic carbocycles. The summed E-state index contributed by atoms with van der Waals surface area (Å²) in [5, 5.41) is 3.92. The van der Waals surface area contributed by atoms with Gasteiger partial charge in [0.1, 0.15) is 6.10 Å². The van der Waals surface area contributed by atoms with E-state index in [0.717, 1.165) is 41.2 Å². The maximum atomic E-state index is 14.7.